The number of hydrogen-bond donors (Lipinski definition) is 0. The Morgan fingerprint density at radius 3 is 2.81 bits per heavy atom. The lowest BCUT2D eigenvalue weighted by Gasteiger charge is -1.93. The van der Waals surface area contributed by atoms with Gasteiger partial charge in [0.15, 0.2) is 5.76 Å². The van der Waals surface area contributed by atoms with Crippen LogP contribution in [0.1, 0.15) is 45.1 Å². The van der Waals surface area contributed by atoms with Crippen LogP contribution in [0.15, 0.2) is 40.8 Å². The Hall–Kier alpha value is -1.87. The zero-order valence-corrected chi connectivity index (χ0v) is 12.5. The van der Waals surface area contributed by atoms with Gasteiger partial charge in [0.25, 0.3) is 0 Å². The van der Waals surface area contributed by atoms with Gasteiger partial charge < -0.3 is 4.42 Å². The molecule has 3 heteroatoms. The first-order valence-corrected chi connectivity index (χ1v) is 8.28. The van der Waals surface area contributed by atoms with Crippen LogP contribution in [0.2, 0.25) is 0 Å². The van der Waals surface area contributed by atoms with Crippen LogP contribution in [-0.4, -0.2) is 5.78 Å². The number of thiophene rings is 1. The molecule has 0 saturated heterocycles. The SMILES string of the molecule is O=C(c1cc2ccccc2o1)c1cc2c(s1)CCCCC2. The van der Waals surface area contributed by atoms with Crippen molar-refractivity contribution in [2.45, 2.75) is 32.1 Å². The Kier molecular flexibility index (Phi) is 3.15. The summed E-state index contributed by atoms with van der Waals surface area (Å²) in [4.78, 5) is 14.9. The maximum absolute atomic E-state index is 12.6. The maximum Gasteiger partial charge on any atom is 0.238 e. The van der Waals surface area contributed by atoms with Crippen molar-refractivity contribution in [2.24, 2.45) is 0 Å². The normalized spacial score (nSPS) is 14.9. The van der Waals surface area contributed by atoms with Crippen LogP contribution in [-0.2, 0) is 12.8 Å². The van der Waals surface area contributed by atoms with Crippen molar-refractivity contribution in [3.8, 4) is 0 Å². The molecule has 0 bridgehead atoms. The molecule has 0 fully saturated rings. The highest BCUT2D eigenvalue weighted by atomic mass is 32.1. The van der Waals surface area contributed by atoms with E-state index in [1.807, 2.05) is 30.3 Å². The van der Waals surface area contributed by atoms with Crippen LogP contribution in [0, 0.1) is 0 Å². The van der Waals surface area contributed by atoms with Crippen molar-refractivity contribution in [3.05, 3.63) is 57.5 Å². The summed E-state index contributed by atoms with van der Waals surface area (Å²) in [6.45, 7) is 0. The highest BCUT2D eigenvalue weighted by Gasteiger charge is 2.20. The van der Waals surface area contributed by atoms with Crippen molar-refractivity contribution in [2.75, 3.05) is 0 Å². The first kappa shape index (κ1) is 12.8. The lowest BCUT2D eigenvalue weighted by Crippen LogP contribution is -1.95. The molecule has 2 aromatic heterocycles. The summed E-state index contributed by atoms with van der Waals surface area (Å²) >= 11 is 1.65. The number of furan rings is 1. The van der Waals surface area contributed by atoms with E-state index in [0.717, 1.165) is 28.7 Å². The third-order valence-electron chi connectivity index (χ3n) is 4.12. The van der Waals surface area contributed by atoms with Gasteiger partial charge in [0.2, 0.25) is 5.78 Å². The van der Waals surface area contributed by atoms with Gasteiger partial charge in [0.1, 0.15) is 5.58 Å². The van der Waals surface area contributed by atoms with Crippen LogP contribution >= 0.6 is 11.3 Å². The first-order valence-electron chi connectivity index (χ1n) is 7.46. The van der Waals surface area contributed by atoms with E-state index in [0.29, 0.717) is 5.76 Å². The van der Waals surface area contributed by atoms with Crippen molar-refractivity contribution in [1.82, 2.24) is 0 Å². The van der Waals surface area contributed by atoms with Gasteiger partial charge in [0, 0.05) is 10.3 Å². The van der Waals surface area contributed by atoms with Gasteiger partial charge in [-0.1, -0.05) is 24.6 Å². The molecule has 0 aliphatic heterocycles. The van der Waals surface area contributed by atoms with Crippen LogP contribution in [0.5, 0.6) is 0 Å². The molecule has 4 rings (SSSR count). The van der Waals surface area contributed by atoms with Gasteiger partial charge in [-0.15, -0.1) is 11.3 Å². The van der Waals surface area contributed by atoms with Crippen LogP contribution in [0.4, 0.5) is 0 Å². The summed E-state index contributed by atoms with van der Waals surface area (Å²) in [5, 5.41) is 0.985. The summed E-state index contributed by atoms with van der Waals surface area (Å²) in [6.07, 6.45) is 6.01. The molecule has 0 spiro atoms. The Morgan fingerprint density at radius 2 is 1.90 bits per heavy atom. The maximum atomic E-state index is 12.6. The summed E-state index contributed by atoms with van der Waals surface area (Å²) in [7, 11) is 0. The fraction of sp³-hybridized carbons (Fsp3) is 0.278. The molecule has 3 aromatic rings. The van der Waals surface area contributed by atoms with E-state index in [2.05, 4.69) is 6.07 Å². The summed E-state index contributed by atoms with van der Waals surface area (Å²) in [6, 6.07) is 11.7. The number of rotatable bonds is 2. The minimum Gasteiger partial charge on any atom is -0.453 e. The molecule has 0 saturated carbocycles. The van der Waals surface area contributed by atoms with Gasteiger partial charge in [-0.25, -0.2) is 0 Å². The molecular formula is C18H16O2S. The van der Waals surface area contributed by atoms with Gasteiger partial charge in [-0.2, -0.15) is 0 Å². The molecule has 21 heavy (non-hydrogen) atoms. The summed E-state index contributed by atoms with van der Waals surface area (Å²) < 4.78 is 5.70. The van der Waals surface area contributed by atoms with Crippen LogP contribution < -0.4 is 0 Å². The second-order valence-electron chi connectivity index (χ2n) is 5.60. The molecule has 0 radical (unpaired) electrons. The molecule has 0 unspecified atom stereocenters. The van der Waals surface area contributed by atoms with E-state index in [1.165, 1.54) is 29.7 Å². The van der Waals surface area contributed by atoms with Crippen molar-refractivity contribution >= 4 is 28.1 Å². The number of aryl methyl sites for hydroxylation is 2. The number of carbonyl (C=O) groups excluding carboxylic acids is 1. The quantitative estimate of drug-likeness (QED) is 0.492. The fourth-order valence-corrected chi connectivity index (χ4v) is 4.19. The molecular weight excluding hydrogens is 280 g/mol. The molecule has 0 N–H and O–H groups in total. The number of hydrogen-bond acceptors (Lipinski definition) is 3. The largest absolute Gasteiger partial charge is 0.453 e. The predicted octanol–water partition coefficient (Wildman–Crippen LogP) is 4.99. The van der Waals surface area contributed by atoms with E-state index in [1.54, 1.807) is 11.3 Å². The number of ketones is 1. The van der Waals surface area contributed by atoms with E-state index < -0.39 is 0 Å². The zero-order chi connectivity index (χ0) is 14.2. The predicted molar refractivity (Wildman–Crippen MR) is 85.2 cm³/mol. The fourth-order valence-electron chi connectivity index (χ4n) is 2.99. The Bertz CT molecular complexity index is 753. The van der Waals surface area contributed by atoms with E-state index in [9.17, 15) is 4.79 Å². The van der Waals surface area contributed by atoms with Crippen LogP contribution in [0.3, 0.4) is 0 Å². The molecule has 1 aliphatic carbocycles. The topological polar surface area (TPSA) is 30.2 Å². The molecule has 106 valence electrons. The standard InChI is InChI=1S/C18H16O2S/c19-18(15-10-12-6-4-5-8-14(12)20-15)17-11-13-7-2-1-3-9-16(13)21-17/h4-6,8,10-11H,1-3,7,9H2. The molecule has 0 amide bonds. The van der Waals surface area contributed by atoms with E-state index >= 15 is 0 Å². The number of para-hydroxylation sites is 1. The molecule has 2 heterocycles. The number of fused-ring (bicyclic) bond motifs is 2. The number of carbonyl (C=O) groups is 1. The average molecular weight is 296 g/mol. The molecule has 2 nitrogen and oxygen atoms in total. The summed E-state index contributed by atoms with van der Waals surface area (Å²) in [5.41, 5.74) is 2.15. The van der Waals surface area contributed by atoms with Gasteiger partial charge in [0.05, 0.1) is 4.88 Å². The molecule has 1 aliphatic rings. The Labute approximate surface area is 127 Å². The highest BCUT2D eigenvalue weighted by Crippen LogP contribution is 2.31. The molecule has 0 atom stereocenters. The van der Waals surface area contributed by atoms with Crippen molar-refractivity contribution in [1.29, 1.82) is 0 Å². The Morgan fingerprint density at radius 1 is 1.05 bits per heavy atom. The second kappa shape index (κ2) is 5.15. The van der Waals surface area contributed by atoms with E-state index in [4.69, 9.17) is 4.42 Å². The third kappa shape index (κ3) is 2.32. The van der Waals surface area contributed by atoms with E-state index in [-0.39, 0.29) is 5.78 Å². The van der Waals surface area contributed by atoms with Crippen molar-refractivity contribution in [3.63, 3.8) is 0 Å². The third-order valence-corrected chi connectivity index (χ3v) is 5.36. The number of benzene rings is 1. The average Bonchev–Trinajstić information content (AvgIpc) is 3.05. The zero-order valence-electron chi connectivity index (χ0n) is 11.7. The minimum atomic E-state index is 0.0178. The lowest BCUT2D eigenvalue weighted by atomic mass is 10.1. The van der Waals surface area contributed by atoms with Gasteiger partial charge >= 0.3 is 0 Å². The molecule has 1 aromatic carbocycles. The summed E-state index contributed by atoms with van der Waals surface area (Å²) in [5.74, 6) is 0.469. The van der Waals surface area contributed by atoms with Crippen molar-refractivity contribution < 1.29 is 9.21 Å². The monoisotopic (exact) mass is 296 g/mol. The smallest absolute Gasteiger partial charge is 0.238 e. The second-order valence-corrected chi connectivity index (χ2v) is 6.73. The van der Waals surface area contributed by atoms with Gasteiger partial charge in [-0.05, 0) is 49.4 Å². The lowest BCUT2D eigenvalue weighted by molar-refractivity contribution is 0.101. The first-order chi connectivity index (χ1) is 10.3. The van der Waals surface area contributed by atoms with Gasteiger partial charge in [-0.3, -0.25) is 4.79 Å². The Balaban J connectivity index is 1.71. The highest BCUT2D eigenvalue weighted by molar-refractivity contribution is 7.14. The van der Waals surface area contributed by atoms with Crippen LogP contribution in [0.25, 0.3) is 11.0 Å². The minimum absolute atomic E-state index is 0.0178.